The smallest absolute Gasteiger partial charge is 0.387 e. The van der Waals surface area contributed by atoms with Crippen LogP contribution in [0, 0.1) is 0 Å². The minimum atomic E-state index is -3.00. The second-order valence-electron chi connectivity index (χ2n) is 4.07. The Kier molecular flexibility index (Phi) is 4.74. The third kappa shape index (κ3) is 3.91. The second-order valence-corrected chi connectivity index (χ2v) is 4.92. The number of ether oxygens (including phenoxy) is 1. The first-order valence-electron chi connectivity index (χ1n) is 5.87. The molecule has 0 fully saturated rings. The number of rotatable bonds is 4. The lowest BCUT2D eigenvalue weighted by Gasteiger charge is -2.12. The molecule has 0 spiro atoms. The van der Waals surface area contributed by atoms with E-state index in [1.54, 1.807) is 24.3 Å². The molecular weight excluding hydrogens is 346 g/mol. The Balaban J connectivity index is 2.24. The number of amides is 1. The van der Waals surface area contributed by atoms with Crippen LogP contribution in [0.5, 0.6) is 5.75 Å². The first kappa shape index (κ1) is 15.2. The molecule has 4 nitrogen and oxygen atoms in total. The van der Waals surface area contributed by atoms with Gasteiger partial charge in [-0.05, 0) is 46.3 Å². The van der Waals surface area contributed by atoms with E-state index in [0.717, 1.165) is 0 Å². The number of carbonyl (C=O) groups is 1. The molecule has 2 aromatic rings. The summed E-state index contributed by atoms with van der Waals surface area (Å²) in [7, 11) is 0. The number of carbonyl (C=O) groups excluding carboxylic acids is 1. The van der Waals surface area contributed by atoms with E-state index in [9.17, 15) is 13.6 Å². The van der Waals surface area contributed by atoms with Crippen LogP contribution in [0.15, 0.2) is 46.9 Å². The van der Waals surface area contributed by atoms with Crippen LogP contribution in [-0.2, 0) is 0 Å². The maximum atomic E-state index is 12.3. The summed E-state index contributed by atoms with van der Waals surface area (Å²) >= 11 is 3.26. The highest BCUT2D eigenvalue weighted by atomic mass is 79.9. The number of para-hydroxylation sites is 1. The topological polar surface area (TPSA) is 64.3 Å². The van der Waals surface area contributed by atoms with Crippen molar-refractivity contribution in [3.05, 3.63) is 52.5 Å². The van der Waals surface area contributed by atoms with E-state index in [1.165, 1.54) is 18.2 Å². The molecule has 21 heavy (non-hydrogen) atoms. The first-order valence-corrected chi connectivity index (χ1v) is 6.67. The fourth-order valence-corrected chi connectivity index (χ4v) is 2.17. The molecule has 0 bridgehead atoms. The number of alkyl halides is 2. The lowest BCUT2D eigenvalue weighted by Crippen LogP contribution is -2.15. The predicted octanol–water partition coefficient (Wildman–Crippen LogP) is 3.89. The van der Waals surface area contributed by atoms with Gasteiger partial charge in [0.05, 0.1) is 11.3 Å². The number of nitrogens with one attached hydrogen (secondary N) is 1. The quantitative estimate of drug-likeness (QED) is 0.817. The number of anilines is 2. The second kappa shape index (κ2) is 6.53. The van der Waals surface area contributed by atoms with Gasteiger partial charge in [-0.25, -0.2) is 0 Å². The molecule has 2 aromatic carbocycles. The zero-order valence-electron chi connectivity index (χ0n) is 10.6. The van der Waals surface area contributed by atoms with Crippen LogP contribution in [0.4, 0.5) is 20.2 Å². The number of halogens is 3. The summed E-state index contributed by atoms with van der Waals surface area (Å²) in [5.41, 5.74) is 6.62. The van der Waals surface area contributed by atoms with Crippen molar-refractivity contribution in [2.45, 2.75) is 6.61 Å². The molecule has 0 radical (unpaired) electrons. The Morgan fingerprint density at radius 2 is 1.95 bits per heavy atom. The van der Waals surface area contributed by atoms with E-state index in [4.69, 9.17) is 5.73 Å². The molecule has 3 N–H and O–H groups in total. The van der Waals surface area contributed by atoms with Crippen LogP contribution >= 0.6 is 15.9 Å². The Morgan fingerprint density at radius 1 is 1.24 bits per heavy atom. The van der Waals surface area contributed by atoms with Crippen LogP contribution in [0.3, 0.4) is 0 Å². The predicted molar refractivity (Wildman–Crippen MR) is 79.6 cm³/mol. The summed E-state index contributed by atoms with van der Waals surface area (Å²) in [5.74, 6) is -0.742. The maximum absolute atomic E-state index is 12.3. The number of hydrogen-bond acceptors (Lipinski definition) is 3. The van der Waals surface area contributed by atoms with Gasteiger partial charge in [0.1, 0.15) is 5.75 Å². The summed E-state index contributed by atoms with van der Waals surface area (Å²) in [6.07, 6.45) is 0. The van der Waals surface area contributed by atoms with E-state index in [-0.39, 0.29) is 11.3 Å². The van der Waals surface area contributed by atoms with Crippen LogP contribution in [0.1, 0.15) is 10.4 Å². The highest BCUT2D eigenvalue weighted by Crippen LogP contribution is 2.27. The van der Waals surface area contributed by atoms with Gasteiger partial charge in [-0.1, -0.05) is 12.1 Å². The van der Waals surface area contributed by atoms with Gasteiger partial charge in [0.25, 0.3) is 5.91 Å². The Hall–Kier alpha value is -2.15. The molecule has 2 rings (SSSR count). The van der Waals surface area contributed by atoms with Crippen molar-refractivity contribution in [3.63, 3.8) is 0 Å². The average Bonchev–Trinajstić information content (AvgIpc) is 2.42. The van der Waals surface area contributed by atoms with Crippen molar-refractivity contribution in [1.29, 1.82) is 0 Å². The minimum Gasteiger partial charge on any atom is -0.434 e. The van der Waals surface area contributed by atoms with Crippen LogP contribution < -0.4 is 15.8 Å². The zero-order chi connectivity index (χ0) is 15.4. The summed E-state index contributed by atoms with van der Waals surface area (Å²) in [4.78, 5) is 12.2. The van der Waals surface area contributed by atoms with Gasteiger partial charge in [-0.15, -0.1) is 0 Å². The first-order chi connectivity index (χ1) is 9.97. The van der Waals surface area contributed by atoms with Gasteiger partial charge in [-0.3, -0.25) is 4.79 Å². The van der Waals surface area contributed by atoms with Crippen molar-refractivity contribution in [3.8, 4) is 5.75 Å². The van der Waals surface area contributed by atoms with Gasteiger partial charge in [0.2, 0.25) is 0 Å². The third-order valence-corrected chi connectivity index (χ3v) is 3.25. The van der Waals surface area contributed by atoms with Gasteiger partial charge in [-0.2, -0.15) is 8.78 Å². The van der Waals surface area contributed by atoms with Crippen molar-refractivity contribution in [1.82, 2.24) is 0 Å². The Labute approximate surface area is 128 Å². The van der Waals surface area contributed by atoms with Crippen molar-refractivity contribution < 1.29 is 18.3 Å². The minimum absolute atomic E-state index is 0.0153. The van der Waals surface area contributed by atoms with Gasteiger partial charge < -0.3 is 15.8 Å². The molecule has 1 amide bonds. The molecule has 0 saturated carbocycles. The van der Waals surface area contributed by atoms with Gasteiger partial charge in [0.15, 0.2) is 0 Å². The average molecular weight is 357 g/mol. The zero-order valence-corrected chi connectivity index (χ0v) is 12.2. The standard InChI is InChI=1S/C14H11BrF2N2O2/c15-10-7-8(18)5-6-11(10)19-13(20)9-3-1-2-4-12(9)21-14(16)17/h1-7,14H,18H2,(H,19,20). The van der Waals surface area contributed by atoms with Crippen LogP contribution in [-0.4, -0.2) is 12.5 Å². The molecule has 0 aliphatic heterocycles. The molecular formula is C14H11BrF2N2O2. The van der Waals surface area contributed by atoms with Gasteiger partial charge >= 0.3 is 6.61 Å². The molecule has 0 heterocycles. The number of nitrogen functional groups attached to an aromatic ring is 1. The summed E-state index contributed by atoms with van der Waals surface area (Å²) < 4.78 is 29.6. The van der Waals surface area contributed by atoms with E-state index >= 15 is 0 Å². The third-order valence-electron chi connectivity index (χ3n) is 2.59. The largest absolute Gasteiger partial charge is 0.434 e. The Morgan fingerprint density at radius 3 is 2.62 bits per heavy atom. The number of nitrogens with two attached hydrogens (primary N) is 1. The molecule has 0 saturated heterocycles. The summed E-state index contributed by atoms with van der Waals surface area (Å²) in [6, 6.07) is 10.6. The number of hydrogen-bond donors (Lipinski definition) is 2. The van der Waals surface area contributed by atoms with E-state index in [1.807, 2.05) is 0 Å². The molecule has 7 heteroatoms. The summed E-state index contributed by atoms with van der Waals surface area (Å²) in [5, 5.41) is 2.60. The fraction of sp³-hybridized carbons (Fsp3) is 0.0714. The van der Waals surface area contributed by atoms with Crippen molar-refractivity contribution in [2.75, 3.05) is 11.1 Å². The highest BCUT2D eigenvalue weighted by Gasteiger charge is 2.16. The Bertz CT molecular complexity index is 665. The SMILES string of the molecule is Nc1ccc(NC(=O)c2ccccc2OC(F)F)c(Br)c1. The van der Waals surface area contributed by atoms with E-state index in [0.29, 0.717) is 15.8 Å². The maximum Gasteiger partial charge on any atom is 0.387 e. The van der Waals surface area contributed by atoms with E-state index < -0.39 is 12.5 Å². The molecule has 110 valence electrons. The molecule has 0 aromatic heterocycles. The van der Waals surface area contributed by atoms with Crippen molar-refractivity contribution in [2.24, 2.45) is 0 Å². The molecule has 0 unspecified atom stereocenters. The monoisotopic (exact) mass is 356 g/mol. The fourth-order valence-electron chi connectivity index (χ4n) is 1.68. The van der Waals surface area contributed by atoms with Gasteiger partial charge in [0, 0.05) is 10.2 Å². The highest BCUT2D eigenvalue weighted by molar-refractivity contribution is 9.10. The van der Waals surface area contributed by atoms with Crippen LogP contribution in [0.2, 0.25) is 0 Å². The van der Waals surface area contributed by atoms with Crippen LogP contribution in [0.25, 0.3) is 0 Å². The van der Waals surface area contributed by atoms with E-state index in [2.05, 4.69) is 26.0 Å². The lowest BCUT2D eigenvalue weighted by atomic mass is 10.2. The lowest BCUT2D eigenvalue weighted by molar-refractivity contribution is -0.0501. The molecule has 0 aliphatic carbocycles. The normalized spacial score (nSPS) is 10.5. The van der Waals surface area contributed by atoms with Crippen molar-refractivity contribution >= 4 is 33.2 Å². The number of benzene rings is 2. The molecule has 0 aliphatic rings. The molecule has 0 atom stereocenters. The summed E-state index contributed by atoms with van der Waals surface area (Å²) in [6.45, 7) is -3.00.